The van der Waals surface area contributed by atoms with E-state index < -0.39 is 15.9 Å². The van der Waals surface area contributed by atoms with Gasteiger partial charge in [-0.3, -0.25) is 4.79 Å². The van der Waals surface area contributed by atoms with Crippen molar-refractivity contribution >= 4 is 21.6 Å². The third-order valence-electron chi connectivity index (χ3n) is 3.69. The van der Waals surface area contributed by atoms with Crippen LogP contribution in [-0.2, 0) is 14.8 Å². The molecule has 134 valence electrons. The summed E-state index contributed by atoms with van der Waals surface area (Å²) in [5.41, 5.74) is 0.686. The van der Waals surface area contributed by atoms with Gasteiger partial charge in [0.25, 0.3) is 5.91 Å². The van der Waals surface area contributed by atoms with E-state index in [-0.39, 0.29) is 17.5 Å². The number of nitriles is 1. The summed E-state index contributed by atoms with van der Waals surface area (Å²) in [6, 6.07) is 14.6. The van der Waals surface area contributed by atoms with E-state index in [1.807, 2.05) is 6.07 Å². The Hall–Kier alpha value is -2.89. The van der Waals surface area contributed by atoms with Crippen LogP contribution in [0.3, 0.4) is 0 Å². The van der Waals surface area contributed by atoms with Crippen molar-refractivity contribution in [1.82, 2.24) is 4.72 Å². The molecule has 0 heterocycles. The number of carbonyl (C=O) groups is 1. The van der Waals surface area contributed by atoms with Crippen LogP contribution in [-0.4, -0.2) is 27.0 Å². The third kappa shape index (κ3) is 4.59. The van der Waals surface area contributed by atoms with Crippen LogP contribution >= 0.6 is 0 Å². The van der Waals surface area contributed by atoms with E-state index in [2.05, 4.69) is 10.0 Å². The van der Waals surface area contributed by atoms with Gasteiger partial charge in [-0.25, -0.2) is 13.1 Å². The molecule has 0 unspecified atom stereocenters. The Labute approximate surface area is 151 Å². The molecule has 0 aliphatic heterocycles. The molecule has 1 fully saturated rings. The smallest absolute Gasteiger partial charge is 0.262 e. The number of amides is 1. The van der Waals surface area contributed by atoms with Crippen LogP contribution in [0.5, 0.6) is 5.75 Å². The number of hydrogen-bond donors (Lipinski definition) is 2. The molecule has 0 spiro atoms. The summed E-state index contributed by atoms with van der Waals surface area (Å²) < 4.78 is 32.4. The molecule has 1 saturated carbocycles. The average molecular weight is 371 g/mol. The molecular weight excluding hydrogens is 354 g/mol. The summed E-state index contributed by atoms with van der Waals surface area (Å²) in [5, 5.41) is 11.6. The van der Waals surface area contributed by atoms with Crippen LogP contribution in [0.15, 0.2) is 53.4 Å². The lowest BCUT2D eigenvalue weighted by molar-refractivity contribution is -0.118. The maximum absolute atomic E-state index is 12.2. The van der Waals surface area contributed by atoms with Gasteiger partial charge in [-0.1, -0.05) is 18.2 Å². The Morgan fingerprint density at radius 2 is 1.96 bits per heavy atom. The SMILES string of the molecule is N#Cc1ccccc1OCC(=O)Nc1cccc(S(=O)(=O)NC2CC2)c1. The molecule has 0 radical (unpaired) electrons. The van der Waals surface area contributed by atoms with E-state index in [1.165, 1.54) is 12.1 Å². The number of anilines is 1. The fourth-order valence-electron chi connectivity index (χ4n) is 2.25. The maximum Gasteiger partial charge on any atom is 0.262 e. The van der Waals surface area contributed by atoms with Gasteiger partial charge in [0.05, 0.1) is 10.5 Å². The molecule has 1 amide bonds. The Morgan fingerprint density at radius 3 is 2.69 bits per heavy atom. The van der Waals surface area contributed by atoms with Gasteiger partial charge in [0, 0.05) is 11.7 Å². The molecule has 2 aromatic rings. The summed E-state index contributed by atoms with van der Waals surface area (Å²) in [7, 11) is -3.59. The molecule has 8 heteroatoms. The number of hydrogen-bond acceptors (Lipinski definition) is 5. The highest BCUT2D eigenvalue weighted by atomic mass is 32.2. The van der Waals surface area contributed by atoms with E-state index in [4.69, 9.17) is 10.00 Å². The van der Waals surface area contributed by atoms with Gasteiger partial charge >= 0.3 is 0 Å². The molecule has 0 aromatic heterocycles. The molecule has 2 N–H and O–H groups in total. The molecule has 0 saturated heterocycles. The van der Waals surface area contributed by atoms with Crippen molar-refractivity contribution < 1.29 is 17.9 Å². The van der Waals surface area contributed by atoms with Crippen LogP contribution in [0.4, 0.5) is 5.69 Å². The van der Waals surface area contributed by atoms with Gasteiger partial charge in [-0.05, 0) is 43.2 Å². The number of carbonyl (C=O) groups excluding carboxylic acids is 1. The van der Waals surface area contributed by atoms with Gasteiger partial charge in [0.15, 0.2) is 6.61 Å². The molecule has 26 heavy (non-hydrogen) atoms. The lowest BCUT2D eigenvalue weighted by atomic mass is 10.2. The summed E-state index contributed by atoms with van der Waals surface area (Å²) >= 11 is 0. The monoisotopic (exact) mass is 371 g/mol. The van der Waals surface area contributed by atoms with Crippen LogP contribution in [0.2, 0.25) is 0 Å². The van der Waals surface area contributed by atoms with Crippen LogP contribution in [0.1, 0.15) is 18.4 Å². The second kappa shape index (κ2) is 7.56. The second-order valence-corrected chi connectivity index (χ2v) is 7.58. The van der Waals surface area contributed by atoms with Crippen LogP contribution < -0.4 is 14.8 Å². The Balaban J connectivity index is 1.62. The summed E-state index contributed by atoms with van der Waals surface area (Å²) in [4.78, 5) is 12.1. The first-order valence-electron chi connectivity index (χ1n) is 8.02. The first-order valence-corrected chi connectivity index (χ1v) is 9.50. The number of sulfonamides is 1. The Bertz CT molecular complexity index is 962. The molecule has 1 aliphatic carbocycles. The number of nitrogens with zero attached hydrogens (tertiary/aromatic N) is 1. The summed E-state index contributed by atoms with van der Waals surface area (Å²) in [5.74, 6) is -0.141. The van der Waals surface area contributed by atoms with Crippen molar-refractivity contribution in [3.63, 3.8) is 0 Å². The zero-order valence-corrected chi connectivity index (χ0v) is 14.6. The fourth-order valence-corrected chi connectivity index (χ4v) is 3.61. The van der Waals surface area contributed by atoms with Crippen LogP contribution in [0, 0.1) is 11.3 Å². The number of rotatable bonds is 7. The first-order chi connectivity index (χ1) is 12.5. The van der Waals surface area contributed by atoms with Gasteiger partial charge in [0.1, 0.15) is 11.8 Å². The van der Waals surface area contributed by atoms with E-state index >= 15 is 0 Å². The number of para-hydroxylation sites is 1. The van der Waals surface area contributed by atoms with Crippen molar-refractivity contribution in [3.8, 4) is 11.8 Å². The molecule has 2 aromatic carbocycles. The van der Waals surface area contributed by atoms with Crippen LogP contribution in [0.25, 0.3) is 0 Å². The Kier molecular flexibility index (Phi) is 5.21. The fraction of sp³-hybridized carbons (Fsp3) is 0.222. The number of nitrogens with one attached hydrogen (secondary N) is 2. The van der Waals surface area contributed by atoms with Crippen molar-refractivity contribution in [3.05, 3.63) is 54.1 Å². The average Bonchev–Trinajstić information content (AvgIpc) is 3.44. The molecule has 3 rings (SSSR count). The minimum absolute atomic E-state index is 0.00634. The third-order valence-corrected chi connectivity index (χ3v) is 5.21. The van der Waals surface area contributed by atoms with Gasteiger partial charge in [-0.2, -0.15) is 5.26 Å². The predicted octanol–water partition coefficient (Wildman–Crippen LogP) is 2.02. The lowest BCUT2D eigenvalue weighted by Gasteiger charge is -2.10. The number of ether oxygens (including phenoxy) is 1. The zero-order chi connectivity index (χ0) is 18.6. The topological polar surface area (TPSA) is 108 Å². The Morgan fingerprint density at radius 1 is 1.19 bits per heavy atom. The van der Waals surface area contributed by atoms with E-state index in [0.29, 0.717) is 17.0 Å². The highest BCUT2D eigenvalue weighted by molar-refractivity contribution is 7.89. The molecule has 0 atom stereocenters. The van der Waals surface area contributed by atoms with E-state index in [9.17, 15) is 13.2 Å². The summed E-state index contributed by atoms with van der Waals surface area (Å²) in [6.45, 7) is -0.296. The zero-order valence-electron chi connectivity index (χ0n) is 13.8. The lowest BCUT2D eigenvalue weighted by Crippen LogP contribution is -2.26. The highest BCUT2D eigenvalue weighted by Crippen LogP contribution is 2.23. The largest absolute Gasteiger partial charge is 0.482 e. The minimum atomic E-state index is -3.59. The molecule has 7 nitrogen and oxygen atoms in total. The second-order valence-electron chi connectivity index (χ2n) is 5.87. The van der Waals surface area contributed by atoms with Crippen molar-refractivity contribution in [2.45, 2.75) is 23.8 Å². The van der Waals surface area contributed by atoms with E-state index in [0.717, 1.165) is 12.8 Å². The predicted molar refractivity (Wildman–Crippen MR) is 95.1 cm³/mol. The summed E-state index contributed by atoms with van der Waals surface area (Å²) in [6.07, 6.45) is 1.69. The van der Waals surface area contributed by atoms with Crippen molar-refractivity contribution in [2.75, 3.05) is 11.9 Å². The van der Waals surface area contributed by atoms with Crippen molar-refractivity contribution in [2.24, 2.45) is 0 Å². The molecule has 1 aliphatic rings. The van der Waals surface area contributed by atoms with Gasteiger partial charge < -0.3 is 10.1 Å². The molecular formula is C18H17N3O4S. The maximum atomic E-state index is 12.2. The highest BCUT2D eigenvalue weighted by Gasteiger charge is 2.28. The van der Waals surface area contributed by atoms with Gasteiger partial charge in [0.2, 0.25) is 10.0 Å². The van der Waals surface area contributed by atoms with Gasteiger partial charge in [-0.15, -0.1) is 0 Å². The van der Waals surface area contributed by atoms with E-state index in [1.54, 1.807) is 36.4 Å². The quantitative estimate of drug-likeness (QED) is 0.774. The standard InChI is InChI=1S/C18H17N3O4S/c19-11-13-4-1-2-7-17(13)25-12-18(22)20-15-5-3-6-16(10-15)26(23,24)21-14-8-9-14/h1-7,10,14,21H,8-9,12H2,(H,20,22). The van der Waals surface area contributed by atoms with Crippen molar-refractivity contribution in [1.29, 1.82) is 5.26 Å². The number of benzene rings is 2. The normalized spacial score (nSPS) is 13.7. The minimum Gasteiger partial charge on any atom is -0.482 e. The first kappa shape index (κ1) is 17.9. The molecule has 0 bridgehead atoms.